The lowest BCUT2D eigenvalue weighted by Gasteiger charge is -2.40. The Balaban J connectivity index is 1.40. The van der Waals surface area contributed by atoms with E-state index in [1.165, 1.54) is 22.9 Å². The van der Waals surface area contributed by atoms with Crippen LogP contribution in [0.3, 0.4) is 0 Å². The number of hydrogen-bond donors (Lipinski definition) is 1. The van der Waals surface area contributed by atoms with Crippen molar-refractivity contribution in [2.75, 3.05) is 33.3 Å². The number of amides is 1. The maximum atomic E-state index is 13.1. The predicted molar refractivity (Wildman–Crippen MR) is 117 cm³/mol. The standard InChI is InChI=1S/C24H35N3O2/c1-16-11-17(2)15-27(14-16)24(28)18(3)26-9-7-19(8-10-26)22-13-25-23-6-5-20(29-4)12-21(22)23/h5-6,12-13,16-19,25H,7-11,14-15H2,1-4H3. The minimum Gasteiger partial charge on any atom is -0.497 e. The first-order valence-corrected chi connectivity index (χ1v) is 11.1. The van der Waals surface area contributed by atoms with E-state index in [0.717, 1.165) is 44.8 Å². The normalized spacial score (nSPS) is 25.3. The molecule has 5 nitrogen and oxygen atoms in total. The van der Waals surface area contributed by atoms with Crippen molar-refractivity contribution in [3.63, 3.8) is 0 Å². The third kappa shape index (κ3) is 4.16. The summed E-state index contributed by atoms with van der Waals surface area (Å²) < 4.78 is 5.42. The highest BCUT2D eigenvalue weighted by atomic mass is 16.5. The van der Waals surface area contributed by atoms with Crippen molar-refractivity contribution in [3.05, 3.63) is 30.0 Å². The van der Waals surface area contributed by atoms with Crippen molar-refractivity contribution in [2.45, 2.75) is 52.0 Å². The molecule has 2 aromatic rings. The van der Waals surface area contributed by atoms with E-state index in [9.17, 15) is 4.79 Å². The lowest BCUT2D eigenvalue weighted by Crippen LogP contribution is -2.52. The molecule has 3 heterocycles. The van der Waals surface area contributed by atoms with Gasteiger partial charge < -0.3 is 14.6 Å². The van der Waals surface area contributed by atoms with Crippen molar-refractivity contribution in [1.29, 1.82) is 0 Å². The highest BCUT2D eigenvalue weighted by Gasteiger charge is 2.33. The highest BCUT2D eigenvalue weighted by molar-refractivity contribution is 5.85. The number of nitrogens with one attached hydrogen (secondary N) is 1. The average Bonchev–Trinajstić information content (AvgIpc) is 3.15. The van der Waals surface area contributed by atoms with Crippen LogP contribution in [0.15, 0.2) is 24.4 Å². The van der Waals surface area contributed by atoms with Gasteiger partial charge in [-0.3, -0.25) is 9.69 Å². The van der Waals surface area contributed by atoms with Crippen molar-refractivity contribution in [3.8, 4) is 5.75 Å². The zero-order valence-electron chi connectivity index (χ0n) is 18.3. The first-order chi connectivity index (χ1) is 14.0. The number of carbonyl (C=O) groups excluding carboxylic acids is 1. The molecule has 2 aliphatic heterocycles. The molecule has 29 heavy (non-hydrogen) atoms. The number of H-pyrrole nitrogens is 1. The molecule has 2 aliphatic rings. The Morgan fingerprint density at radius 2 is 1.86 bits per heavy atom. The fourth-order valence-corrected chi connectivity index (χ4v) is 5.45. The van der Waals surface area contributed by atoms with Crippen LogP contribution in [-0.4, -0.2) is 60.0 Å². The van der Waals surface area contributed by atoms with E-state index in [0.29, 0.717) is 23.7 Å². The number of fused-ring (bicyclic) bond motifs is 1. The third-order valence-electron chi connectivity index (χ3n) is 6.98. The Kier molecular flexibility index (Phi) is 5.86. The largest absolute Gasteiger partial charge is 0.497 e. The molecule has 4 rings (SSSR count). The second-order valence-electron chi connectivity index (χ2n) is 9.33. The van der Waals surface area contributed by atoms with Gasteiger partial charge in [0.05, 0.1) is 13.2 Å². The van der Waals surface area contributed by atoms with Crippen LogP contribution in [0.5, 0.6) is 5.75 Å². The Bertz CT molecular complexity index is 843. The number of rotatable bonds is 4. The fraction of sp³-hybridized carbons (Fsp3) is 0.625. The first-order valence-electron chi connectivity index (χ1n) is 11.1. The van der Waals surface area contributed by atoms with Gasteiger partial charge >= 0.3 is 0 Å². The Labute approximate surface area is 174 Å². The van der Waals surface area contributed by atoms with Gasteiger partial charge in [-0.05, 0) is 80.8 Å². The van der Waals surface area contributed by atoms with Gasteiger partial charge in [0.15, 0.2) is 0 Å². The maximum Gasteiger partial charge on any atom is 0.239 e. The molecule has 0 aliphatic carbocycles. The van der Waals surface area contributed by atoms with E-state index in [1.807, 2.05) is 6.07 Å². The van der Waals surface area contributed by atoms with Crippen LogP contribution >= 0.6 is 0 Å². The number of aromatic amines is 1. The van der Waals surface area contributed by atoms with Crippen LogP contribution in [0.2, 0.25) is 0 Å². The number of nitrogens with zero attached hydrogens (tertiary/aromatic N) is 2. The molecule has 0 radical (unpaired) electrons. The van der Waals surface area contributed by atoms with Crippen LogP contribution in [0.1, 0.15) is 51.5 Å². The summed E-state index contributed by atoms with van der Waals surface area (Å²) in [5.41, 5.74) is 2.55. The summed E-state index contributed by atoms with van der Waals surface area (Å²) in [6.07, 6.45) is 5.58. The molecule has 1 amide bonds. The van der Waals surface area contributed by atoms with Gasteiger partial charge in [0.2, 0.25) is 5.91 Å². The van der Waals surface area contributed by atoms with Crippen LogP contribution in [0.4, 0.5) is 0 Å². The highest BCUT2D eigenvalue weighted by Crippen LogP contribution is 2.35. The molecule has 1 N–H and O–H groups in total. The van der Waals surface area contributed by atoms with E-state index in [1.54, 1.807) is 7.11 Å². The van der Waals surface area contributed by atoms with Crippen LogP contribution in [-0.2, 0) is 4.79 Å². The summed E-state index contributed by atoms with van der Waals surface area (Å²) in [5.74, 6) is 2.97. The Hall–Kier alpha value is -2.01. The van der Waals surface area contributed by atoms with Gasteiger partial charge in [0, 0.05) is 30.2 Å². The molecule has 2 saturated heterocycles. The molecule has 0 bridgehead atoms. The third-order valence-corrected chi connectivity index (χ3v) is 6.98. The first kappa shape index (κ1) is 20.3. The molecule has 158 valence electrons. The lowest BCUT2D eigenvalue weighted by atomic mass is 9.88. The van der Waals surface area contributed by atoms with E-state index in [4.69, 9.17) is 4.74 Å². The van der Waals surface area contributed by atoms with E-state index in [-0.39, 0.29) is 6.04 Å². The number of methoxy groups -OCH3 is 1. The number of aromatic nitrogens is 1. The second kappa shape index (κ2) is 8.39. The minimum atomic E-state index is -0.0171. The van der Waals surface area contributed by atoms with Gasteiger partial charge in [-0.25, -0.2) is 0 Å². The summed E-state index contributed by atoms with van der Waals surface area (Å²) in [5, 5.41) is 1.27. The van der Waals surface area contributed by atoms with Gasteiger partial charge in [0.1, 0.15) is 5.75 Å². The minimum absolute atomic E-state index is 0.0171. The number of ether oxygens (including phenoxy) is 1. The van der Waals surface area contributed by atoms with Crippen molar-refractivity contribution in [2.24, 2.45) is 11.8 Å². The summed E-state index contributed by atoms with van der Waals surface area (Å²) in [6.45, 7) is 10.4. The van der Waals surface area contributed by atoms with Crippen molar-refractivity contribution >= 4 is 16.8 Å². The monoisotopic (exact) mass is 397 g/mol. The molecule has 0 saturated carbocycles. The second-order valence-corrected chi connectivity index (χ2v) is 9.33. The SMILES string of the molecule is COc1ccc2[nH]cc(C3CCN(C(C)C(=O)N4CC(C)CC(C)C4)CC3)c2c1. The average molecular weight is 398 g/mol. The number of carbonyl (C=O) groups is 1. The summed E-state index contributed by atoms with van der Waals surface area (Å²) in [6, 6.07) is 6.21. The molecular formula is C24H35N3O2. The molecular weight excluding hydrogens is 362 g/mol. The number of benzene rings is 1. The van der Waals surface area contributed by atoms with E-state index < -0.39 is 0 Å². The Morgan fingerprint density at radius 1 is 1.17 bits per heavy atom. The molecule has 1 aromatic carbocycles. The summed E-state index contributed by atoms with van der Waals surface area (Å²) in [4.78, 5) is 21.0. The van der Waals surface area contributed by atoms with E-state index >= 15 is 0 Å². The van der Waals surface area contributed by atoms with Crippen LogP contribution < -0.4 is 4.74 Å². The number of piperidine rings is 2. The zero-order valence-corrected chi connectivity index (χ0v) is 18.3. The number of hydrogen-bond acceptors (Lipinski definition) is 3. The quantitative estimate of drug-likeness (QED) is 0.839. The van der Waals surface area contributed by atoms with Crippen molar-refractivity contribution < 1.29 is 9.53 Å². The fourth-order valence-electron chi connectivity index (χ4n) is 5.45. The lowest BCUT2D eigenvalue weighted by molar-refractivity contribution is -0.139. The Morgan fingerprint density at radius 3 is 2.52 bits per heavy atom. The topological polar surface area (TPSA) is 48.6 Å². The van der Waals surface area contributed by atoms with Crippen molar-refractivity contribution in [1.82, 2.24) is 14.8 Å². The smallest absolute Gasteiger partial charge is 0.239 e. The van der Waals surface area contributed by atoms with Gasteiger partial charge in [-0.1, -0.05) is 13.8 Å². The molecule has 1 aromatic heterocycles. The van der Waals surface area contributed by atoms with Gasteiger partial charge in [0.25, 0.3) is 0 Å². The van der Waals surface area contributed by atoms with Gasteiger partial charge in [-0.2, -0.15) is 0 Å². The predicted octanol–water partition coefficient (Wildman–Crippen LogP) is 4.25. The van der Waals surface area contributed by atoms with Crippen LogP contribution in [0, 0.1) is 11.8 Å². The summed E-state index contributed by atoms with van der Waals surface area (Å²) >= 11 is 0. The zero-order chi connectivity index (χ0) is 20.5. The molecule has 3 unspecified atom stereocenters. The van der Waals surface area contributed by atoms with E-state index in [2.05, 4.69) is 53.9 Å². The number of likely N-dealkylation sites (tertiary alicyclic amines) is 2. The molecule has 0 spiro atoms. The molecule has 3 atom stereocenters. The summed E-state index contributed by atoms with van der Waals surface area (Å²) in [7, 11) is 1.72. The maximum absolute atomic E-state index is 13.1. The van der Waals surface area contributed by atoms with Crippen LogP contribution in [0.25, 0.3) is 10.9 Å². The molecule has 5 heteroatoms. The van der Waals surface area contributed by atoms with Gasteiger partial charge in [-0.15, -0.1) is 0 Å². The molecule has 2 fully saturated rings.